The van der Waals surface area contributed by atoms with Crippen LogP contribution in [0.4, 0.5) is 0 Å². The molecule has 0 aromatic heterocycles. The normalized spacial score (nSPS) is 20.5. The van der Waals surface area contributed by atoms with E-state index >= 15 is 0 Å². The van der Waals surface area contributed by atoms with Crippen LogP contribution in [0.25, 0.3) is 0 Å². The Kier molecular flexibility index (Phi) is 6.05. The van der Waals surface area contributed by atoms with Gasteiger partial charge in [0.05, 0.1) is 12.5 Å². The summed E-state index contributed by atoms with van der Waals surface area (Å²) in [5.74, 6) is -1.98. The number of carbonyl (C=O) groups is 3. The van der Waals surface area contributed by atoms with Gasteiger partial charge >= 0.3 is 5.97 Å². The van der Waals surface area contributed by atoms with Crippen LogP contribution in [0.3, 0.4) is 0 Å². The monoisotopic (exact) mass is 360 g/mol. The molecule has 142 valence electrons. The van der Waals surface area contributed by atoms with Crippen LogP contribution in [-0.4, -0.2) is 46.9 Å². The van der Waals surface area contributed by atoms with Gasteiger partial charge in [0.2, 0.25) is 5.91 Å². The van der Waals surface area contributed by atoms with E-state index in [0.29, 0.717) is 24.9 Å². The highest BCUT2D eigenvalue weighted by Crippen LogP contribution is 2.24. The van der Waals surface area contributed by atoms with Gasteiger partial charge in [0.1, 0.15) is 0 Å². The van der Waals surface area contributed by atoms with Crippen molar-refractivity contribution >= 4 is 17.8 Å². The van der Waals surface area contributed by atoms with E-state index in [1.807, 2.05) is 12.1 Å². The van der Waals surface area contributed by atoms with Crippen LogP contribution < -0.4 is 5.32 Å². The Morgan fingerprint density at radius 3 is 2.35 bits per heavy atom. The molecule has 1 aromatic carbocycles. The maximum atomic E-state index is 12.4. The summed E-state index contributed by atoms with van der Waals surface area (Å²) >= 11 is 0. The lowest BCUT2D eigenvalue weighted by Gasteiger charge is -2.37. The fraction of sp³-hybridized carbons (Fsp3) is 0.550. The molecule has 1 aliphatic rings. The molecule has 6 heteroatoms. The van der Waals surface area contributed by atoms with Gasteiger partial charge in [-0.15, -0.1) is 0 Å². The number of hydrogen-bond donors (Lipinski definition) is 2. The van der Waals surface area contributed by atoms with E-state index in [1.165, 1.54) is 0 Å². The summed E-state index contributed by atoms with van der Waals surface area (Å²) in [4.78, 5) is 37.5. The van der Waals surface area contributed by atoms with Crippen molar-refractivity contribution in [3.05, 3.63) is 35.4 Å². The molecular weight excluding hydrogens is 332 g/mol. The number of aliphatic carboxylic acids is 1. The summed E-state index contributed by atoms with van der Waals surface area (Å²) in [5, 5.41) is 11.9. The van der Waals surface area contributed by atoms with Gasteiger partial charge in [-0.3, -0.25) is 14.4 Å². The quantitative estimate of drug-likeness (QED) is 0.863. The van der Waals surface area contributed by atoms with E-state index < -0.39 is 11.9 Å². The molecule has 0 spiro atoms. The fourth-order valence-corrected chi connectivity index (χ4v) is 3.31. The van der Waals surface area contributed by atoms with E-state index in [2.05, 4.69) is 26.1 Å². The Morgan fingerprint density at radius 1 is 1.19 bits per heavy atom. The van der Waals surface area contributed by atoms with Crippen molar-refractivity contribution in [2.24, 2.45) is 5.92 Å². The number of piperidine rings is 1. The molecule has 1 aliphatic heterocycles. The third kappa shape index (κ3) is 4.62. The van der Waals surface area contributed by atoms with Crippen LogP contribution in [0.5, 0.6) is 0 Å². The number of likely N-dealkylation sites (tertiary alicyclic amines) is 1. The van der Waals surface area contributed by atoms with Gasteiger partial charge in [-0.1, -0.05) is 32.9 Å². The zero-order valence-electron chi connectivity index (χ0n) is 15.9. The highest BCUT2D eigenvalue weighted by molar-refractivity contribution is 5.96. The first kappa shape index (κ1) is 19.9. The summed E-state index contributed by atoms with van der Waals surface area (Å²) in [6.07, 6.45) is 1.24. The van der Waals surface area contributed by atoms with Gasteiger partial charge in [0.25, 0.3) is 5.91 Å². The molecule has 0 bridgehead atoms. The van der Waals surface area contributed by atoms with Crippen molar-refractivity contribution in [3.8, 4) is 0 Å². The maximum Gasteiger partial charge on any atom is 0.308 e. The van der Waals surface area contributed by atoms with Gasteiger partial charge in [0.15, 0.2) is 0 Å². The third-order valence-corrected chi connectivity index (χ3v) is 5.04. The van der Waals surface area contributed by atoms with Crippen LogP contribution in [0.1, 0.15) is 56.5 Å². The zero-order chi connectivity index (χ0) is 19.5. The number of amides is 2. The van der Waals surface area contributed by atoms with E-state index in [4.69, 9.17) is 0 Å². The number of carbonyl (C=O) groups excluding carboxylic acids is 2. The van der Waals surface area contributed by atoms with Crippen molar-refractivity contribution in [1.82, 2.24) is 10.2 Å². The molecule has 6 nitrogen and oxygen atoms in total. The molecule has 1 fully saturated rings. The molecule has 2 atom stereocenters. The van der Waals surface area contributed by atoms with Crippen LogP contribution in [-0.2, 0) is 15.0 Å². The number of benzene rings is 1. The van der Waals surface area contributed by atoms with Crippen LogP contribution in [0, 0.1) is 5.92 Å². The number of rotatable bonds is 4. The lowest BCUT2D eigenvalue weighted by atomic mass is 9.87. The molecule has 0 aliphatic carbocycles. The van der Waals surface area contributed by atoms with E-state index in [-0.39, 0.29) is 29.8 Å². The topological polar surface area (TPSA) is 86.7 Å². The molecular formula is C20H28N2O4. The highest BCUT2D eigenvalue weighted by atomic mass is 16.4. The van der Waals surface area contributed by atoms with Crippen molar-refractivity contribution in [2.75, 3.05) is 13.1 Å². The molecule has 1 heterocycles. The molecule has 2 amide bonds. The summed E-state index contributed by atoms with van der Waals surface area (Å²) in [6.45, 7) is 8.46. The number of nitrogens with zero attached hydrogens (tertiary/aromatic N) is 1. The predicted molar refractivity (Wildman–Crippen MR) is 99.0 cm³/mol. The van der Waals surface area contributed by atoms with E-state index in [0.717, 1.165) is 5.56 Å². The Labute approximate surface area is 154 Å². The average molecular weight is 360 g/mol. The lowest BCUT2D eigenvalue weighted by Crippen LogP contribution is -2.51. The van der Waals surface area contributed by atoms with Crippen molar-refractivity contribution in [2.45, 2.75) is 52.0 Å². The molecule has 0 saturated carbocycles. The Balaban J connectivity index is 1.94. The van der Waals surface area contributed by atoms with Crippen molar-refractivity contribution < 1.29 is 19.5 Å². The summed E-state index contributed by atoms with van der Waals surface area (Å²) < 4.78 is 0. The van der Waals surface area contributed by atoms with Gasteiger partial charge < -0.3 is 15.3 Å². The number of nitrogens with one attached hydrogen (secondary N) is 1. The minimum absolute atomic E-state index is 0.00997. The molecule has 2 N–H and O–H groups in total. The molecule has 0 unspecified atom stereocenters. The molecule has 26 heavy (non-hydrogen) atoms. The second-order valence-corrected chi connectivity index (χ2v) is 7.92. The van der Waals surface area contributed by atoms with Gasteiger partial charge in [-0.05, 0) is 42.9 Å². The fourth-order valence-electron chi connectivity index (χ4n) is 3.31. The van der Waals surface area contributed by atoms with E-state index in [1.54, 1.807) is 24.0 Å². The molecule has 2 rings (SSSR count). The second kappa shape index (κ2) is 7.89. The lowest BCUT2D eigenvalue weighted by molar-refractivity contribution is -0.148. The number of hydrogen-bond acceptors (Lipinski definition) is 3. The summed E-state index contributed by atoms with van der Waals surface area (Å²) in [5.41, 5.74) is 1.64. The molecule has 1 saturated heterocycles. The van der Waals surface area contributed by atoms with Crippen LogP contribution >= 0.6 is 0 Å². The number of carboxylic acids is 1. The van der Waals surface area contributed by atoms with Gasteiger partial charge in [-0.2, -0.15) is 0 Å². The number of carboxylic acid groups (broad SMARTS) is 1. The Bertz CT molecular complexity index is 676. The summed E-state index contributed by atoms with van der Waals surface area (Å²) in [7, 11) is 0. The zero-order valence-corrected chi connectivity index (χ0v) is 15.9. The van der Waals surface area contributed by atoms with Crippen LogP contribution in [0.15, 0.2) is 24.3 Å². The van der Waals surface area contributed by atoms with E-state index in [9.17, 15) is 19.5 Å². The van der Waals surface area contributed by atoms with Gasteiger partial charge in [-0.25, -0.2) is 0 Å². The van der Waals surface area contributed by atoms with Crippen molar-refractivity contribution in [1.29, 1.82) is 0 Å². The third-order valence-electron chi connectivity index (χ3n) is 5.04. The standard InChI is InChI=1S/C20H28N2O4/c1-13-16(19(25)26)6-5-11-22(13)17(23)12-21-18(24)14-7-9-15(10-8-14)20(2,3)4/h7-10,13,16H,5-6,11-12H2,1-4H3,(H,21,24)(H,25,26)/t13-,16-/m1/s1. The minimum Gasteiger partial charge on any atom is -0.481 e. The first-order valence-electron chi connectivity index (χ1n) is 9.02. The smallest absolute Gasteiger partial charge is 0.308 e. The first-order valence-corrected chi connectivity index (χ1v) is 9.02. The molecule has 1 aromatic rings. The highest BCUT2D eigenvalue weighted by Gasteiger charge is 2.35. The Hall–Kier alpha value is -2.37. The average Bonchev–Trinajstić information content (AvgIpc) is 2.58. The minimum atomic E-state index is -0.877. The predicted octanol–water partition coefficient (Wildman–Crippen LogP) is 2.43. The molecule has 0 radical (unpaired) electrons. The first-order chi connectivity index (χ1) is 12.1. The van der Waals surface area contributed by atoms with Crippen molar-refractivity contribution in [3.63, 3.8) is 0 Å². The second-order valence-electron chi connectivity index (χ2n) is 7.92. The largest absolute Gasteiger partial charge is 0.481 e. The summed E-state index contributed by atoms with van der Waals surface area (Å²) in [6, 6.07) is 6.98. The van der Waals surface area contributed by atoms with Gasteiger partial charge in [0, 0.05) is 18.2 Å². The Morgan fingerprint density at radius 2 is 1.81 bits per heavy atom. The van der Waals surface area contributed by atoms with Crippen LogP contribution in [0.2, 0.25) is 0 Å². The SMILES string of the molecule is C[C@@H]1[C@H](C(=O)O)CCCN1C(=O)CNC(=O)c1ccc(C(C)(C)C)cc1. The maximum absolute atomic E-state index is 12.4.